The molecule has 0 aromatic carbocycles. The summed E-state index contributed by atoms with van der Waals surface area (Å²) in [5.74, 6) is 0.998. The van der Waals surface area contributed by atoms with Gasteiger partial charge in [-0.05, 0) is 24.3 Å². The fraction of sp³-hybridized carbons (Fsp3) is 0.556. The molecular weight excluding hydrogens is 216 g/mol. The maximum Gasteiger partial charge on any atom is 0.315 e. The van der Waals surface area contributed by atoms with E-state index in [1.165, 1.54) is 6.07 Å². The van der Waals surface area contributed by atoms with Crippen molar-refractivity contribution in [3.8, 4) is 0 Å². The summed E-state index contributed by atoms with van der Waals surface area (Å²) >= 11 is 1.76. The Labute approximate surface area is 91.0 Å². The molecule has 15 heavy (non-hydrogen) atoms. The van der Waals surface area contributed by atoms with Crippen LogP contribution >= 0.6 is 11.8 Å². The monoisotopic (exact) mass is 228 g/mol. The molecule has 1 saturated heterocycles. The van der Waals surface area contributed by atoms with Gasteiger partial charge in [-0.15, -0.1) is 0 Å². The molecule has 5 nitrogen and oxygen atoms in total. The number of rotatable bonds is 2. The molecule has 1 aliphatic rings. The quantitative estimate of drug-likeness (QED) is 0.788. The topological polar surface area (TPSA) is 89.4 Å². The second-order valence-corrected chi connectivity index (χ2v) is 4.84. The van der Waals surface area contributed by atoms with Gasteiger partial charge in [0, 0.05) is 6.07 Å². The summed E-state index contributed by atoms with van der Waals surface area (Å²) in [6, 6.07) is 1.52. The predicted octanol–water partition coefficient (Wildman–Crippen LogP) is 1.11. The van der Waals surface area contributed by atoms with Crippen LogP contribution in [0.3, 0.4) is 0 Å². The largest absolute Gasteiger partial charge is 0.481 e. The van der Waals surface area contributed by atoms with E-state index in [4.69, 9.17) is 10.3 Å². The molecule has 2 heterocycles. The number of carboxylic acids is 1. The van der Waals surface area contributed by atoms with Crippen molar-refractivity contribution in [2.45, 2.75) is 18.3 Å². The van der Waals surface area contributed by atoms with Gasteiger partial charge in [-0.25, -0.2) is 0 Å². The van der Waals surface area contributed by atoms with Gasteiger partial charge in [-0.3, -0.25) is 4.79 Å². The van der Waals surface area contributed by atoms with Gasteiger partial charge in [-0.2, -0.15) is 11.8 Å². The lowest BCUT2D eigenvalue weighted by molar-refractivity contribution is -0.144. The number of nitrogens with two attached hydrogens (primary N) is 1. The summed E-state index contributed by atoms with van der Waals surface area (Å²) in [6.07, 6.45) is 1.16. The van der Waals surface area contributed by atoms with E-state index in [0.717, 1.165) is 11.5 Å². The van der Waals surface area contributed by atoms with Gasteiger partial charge in [0.05, 0.1) is 0 Å². The third kappa shape index (κ3) is 1.69. The van der Waals surface area contributed by atoms with E-state index in [1.54, 1.807) is 11.8 Å². The molecule has 0 aliphatic carbocycles. The van der Waals surface area contributed by atoms with Gasteiger partial charge >= 0.3 is 5.97 Å². The Morgan fingerprint density at radius 2 is 2.27 bits per heavy atom. The minimum absolute atomic E-state index is 0.170. The van der Waals surface area contributed by atoms with Gasteiger partial charge < -0.3 is 15.4 Å². The Morgan fingerprint density at radius 3 is 2.73 bits per heavy atom. The van der Waals surface area contributed by atoms with E-state index >= 15 is 0 Å². The molecule has 0 radical (unpaired) electrons. The Kier molecular flexibility index (Phi) is 2.60. The number of aromatic nitrogens is 1. The van der Waals surface area contributed by atoms with Gasteiger partial charge in [0.15, 0.2) is 0 Å². The second kappa shape index (κ2) is 3.77. The molecule has 0 spiro atoms. The van der Waals surface area contributed by atoms with Crippen LogP contribution in [0.4, 0.5) is 5.88 Å². The highest BCUT2D eigenvalue weighted by molar-refractivity contribution is 7.99. The van der Waals surface area contributed by atoms with Crippen molar-refractivity contribution in [3.63, 3.8) is 0 Å². The third-order valence-electron chi connectivity index (χ3n) is 2.77. The van der Waals surface area contributed by atoms with Crippen LogP contribution in [-0.4, -0.2) is 27.7 Å². The van der Waals surface area contributed by atoms with Crippen molar-refractivity contribution >= 4 is 23.6 Å². The Morgan fingerprint density at radius 1 is 1.60 bits per heavy atom. The van der Waals surface area contributed by atoms with E-state index in [0.29, 0.717) is 18.5 Å². The fourth-order valence-electron chi connectivity index (χ4n) is 1.81. The van der Waals surface area contributed by atoms with Crippen molar-refractivity contribution in [1.82, 2.24) is 5.16 Å². The van der Waals surface area contributed by atoms with E-state index in [1.807, 2.05) is 0 Å². The number of nitrogen functional groups attached to an aromatic ring is 1. The smallest absolute Gasteiger partial charge is 0.315 e. The van der Waals surface area contributed by atoms with E-state index in [-0.39, 0.29) is 5.88 Å². The average Bonchev–Trinajstić information content (AvgIpc) is 2.66. The number of anilines is 1. The summed E-state index contributed by atoms with van der Waals surface area (Å²) in [4.78, 5) is 11.4. The standard InChI is InChI=1S/C9H12N2O3S/c10-7-5-6(11-14-7)9(8(12)13)1-3-15-4-2-9/h5H,1-4,10H2,(H,12,13). The molecule has 1 aromatic rings. The molecular formula is C9H12N2O3S. The van der Waals surface area contributed by atoms with Gasteiger partial charge in [0.2, 0.25) is 5.88 Å². The number of carbonyl (C=O) groups is 1. The Hall–Kier alpha value is -1.17. The lowest BCUT2D eigenvalue weighted by Crippen LogP contribution is -2.39. The van der Waals surface area contributed by atoms with Gasteiger partial charge in [-0.1, -0.05) is 5.16 Å². The Bertz CT molecular complexity index is 371. The summed E-state index contributed by atoms with van der Waals surface area (Å²) in [7, 11) is 0. The molecule has 1 aromatic heterocycles. The van der Waals surface area contributed by atoms with E-state index in [9.17, 15) is 9.90 Å². The third-order valence-corrected chi connectivity index (χ3v) is 3.76. The summed E-state index contributed by atoms with van der Waals surface area (Å²) in [5.41, 5.74) is 4.97. The van der Waals surface area contributed by atoms with E-state index in [2.05, 4.69) is 5.16 Å². The maximum atomic E-state index is 11.4. The first kappa shape index (κ1) is 10.4. The molecule has 0 atom stereocenters. The van der Waals surface area contributed by atoms with Crippen molar-refractivity contribution in [3.05, 3.63) is 11.8 Å². The average molecular weight is 228 g/mol. The molecule has 1 fully saturated rings. The van der Waals surface area contributed by atoms with Crippen LogP contribution in [0.5, 0.6) is 0 Å². The first-order valence-electron chi connectivity index (χ1n) is 4.69. The van der Waals surface area contributed by atoms with Crippen LogP contribution in [0.1, 0.15) is 18.5 Å². The molecule has 2 rings (SSSR count). The zero-order valence-corrected chi connectivity index (χ0v) is 8.92. The van der Waals surface area contributed by atoms with Crippen LogP contribution in [0.2, 0.25) is 0 Å². The lowest BCUT2D eigenvalue weighted by Gasteiger charge is -2.30. The van der Waals surface area contributed by atoms with Crippen LogP contribution in [0, 0.1) is 0 Å². The maximum absolute atomic E-state index is 11.4. The molecule has 0 amide bonds. The van der Waals surface area contributed by atoms with Gasteiger partial charge in [0.25, 0.3) is 0 Å². The van der Waals surface area contributed by atoms with Crippen molar-refractivity contribution in [2.75, 3.05) is 17.2 Å². The highest BCUT2D eigenvalue weighted by atomic mass is 32.2. The minimum atomic E-state index is -0.896. The van der Waals surface area contributed by atoms with Crippen molar-refractivity contribution in [1.29, 1.82) is 0 Å². The number of hydrogen-bond acceptors (Lipinski definition) is 5. The number of thioether (sulfide) groups is 1. The zero-order chi connectivity index (χ0) is 10.9. The van der Waals surface area contributed by atoms with Crippen molar-refractivity contribution < 1.29 is 14.4 Å². The van der Waals surface area contributed by atoms with Crippen LogP contribution in [0.15, 0.2) is 10.6 Å². The molecule has 0 bridgehead atoms. The second-order valence-electron chi connectivity index (χ2n) is 3.61. The molecule has 0 unspecified atom stereocenters. The molecule has 82 valence electrons. The van der Waals surface area contributed by atoms with Crippen molar-refractivity contribution in [2.24, 2.45) is 0 Å². The summed E-state index contributed by atoms with van der Waals surface area (Å²) < 4.78 is 4.75. The van der Waals surface area contributed by atoms with Gasteiger partial charge in [0.1, 0.15) is 11.1 Å². The normalized spacial score (nSPS) is 20.0. The van der Waals surface area contributed by atoms with Crippen LogP contribution in [0.25, 0.3) is 0 Å². The molecule has 1 aliphatic heterocycles. The summed E-state index contributed by atoms with van der Waals surface area (Å²) in [6.45, 7) is 0. The zero-order valence-electron chi connectivity index (χ0n) is 8.10. The van der Waals surface area contributed by atoms with Crippen LogP contribution in [-0.2, 0) is 10.2 Å². The van der Waals surface area contributed by atoms with Crippen LogP contribution < -0.4 is 5.73 Å². The number of aliphatic carboxylic acids is 1. The summed E-state index contributed by atoms with van der Waals surface area (Å²) in [5, 5.41) is 13.1. The minimum Gasteiger partial charge on any atom is -0.481 e. The predicted molar refractivity (Wildman–Crippen MR) is 56.8 cm³/mol. The number of carboxylic acid groups (broad SMARTS) is 1. The highest BCUT2D eigenvalue weighted by Gasteiger charge is 2.44. The van der Waals surface area contributed by atoms with E-state index < -0.39 is 11.4 Å². The first-order chi connectivity index (χ1) is 7.15. The lowest BCUT2D eigenvalue weighted by atomic mass is 9.79. The number of nitrogens with zero attached hydrogens (tertiary/aromatic N) is 1. The SMILES string of the molecule is Nc1cc(C2(C(=O)O)CCSCC2)no1. The fourth-order valence-corrected chi connectivity index (χ4v) is 3.00. The first-order valence-corrected chi connectivity index (χ1v) is 5.84. The highest BCUT2D eigenvalue weighted by Crippen LogP contribution is 2.38. The Balaban J connectivity index is 2.37. The molecule has 6 heteroatoms. The number of hydrogen-bond donors (Lipinski definition) is 2. The molecule has 0 saturated carbocycles. The molecule has 3 N–H and O–H groups in total.